The number of aliphatic carboxylic acids is 1. The minimum absolute atomic E-state index is 0.0248. The minimum atomic E-state index is -1.30. The number of carbonyl (C=O) groups is 2. The molecule has 4 aromatic rings. The number of hydrogen-bond donors (Lipinski definition) is 2. The van der Waals surface area contributed by atoms with Crippen LogP contribution in [0.15, 0.2) is 66.7 Å². The fourth-order valence-corrected chi connectivity index (χ4v) is 6.12. The van der Waals surface area contributed by atoms with Gasteiger partial charge in [0.15, 0.2) is 0 Å². The van der Waals surface area contributed by atoms with Gasteiger partial charge in [0.25, 0.3) is 5.91 Å². The van der Waals surface area contributed by atoms with Crippen LogP contribution < -0.4 is 14.8 Å². The lowest BCUT2D eigenvalue weighted by Gasteiger charge is -2.30. The van der Waals surface area contributed by atoms with Gasteiger partial charge in [-0.05, 0) is 65.9 Å². The van der Waals surface area contributed by atoms with Gasteiger partial charge in [0.05, 0.1) is 25.3 Å². The van der Waals surface area contributed by atoms with Crippen LogP contribution in [-0.2, 0) is 17.8 Å². The summed E-state index contributed by atoms with van der Waals surface area (Å²) < 4.78 is 40.3. The monoisotopic (exact) mass is 602 g/mol. The van der Waals surface area contributed by atoms with E-state index in [4.69, 9.17) is 9.47 Å². The van der Waals surface area contributed by atoms with Crippen molar-refractivity contribution in [2.45, 2.75) is 44.9 Å². The maximum Gasteiger partial charge on any atom is 0.326 e. The van der Waals surface area contributed by atoms with Gasteiger partial charge >= 0.3 is 5.97 Å². The predicted molar refractivity (Wildman–Crippen MR) is 166 cm³/mol. The summed E-state index contributed by atoms with van der Waals surface area (Å²) in [6.07, 6.45) is 0.507. The number of ether oxygens (including phenoxy) is 2. The lowest BCUT2D eigenvalue weighted by atomic mass is 9.91. The van der Waals surface area contributed by atoms with E-state index in [2.05, 4.69) is 10.2 Å². The topological polar surface area (TPSA) is 88.1 Å². The second-order valence-electron chi connectivity index (χ2n) is 11.1. The van der Waals surface area contributed by atoms with Crippen molar-refractivity contribution >= 4 is 22.6 Å². The molecule has 230 valence electrons. The minimum Gasteiger partial charge on any atom is -0.496 e. The van der Waals surface area contributed by atoms with Crippen LogP contribution in [0.3, 0.4) is 0 Å². The summed E-state index contributed by atoms with van der Waals surface area (Å²) in [7, 11) is 3.19. The Labute approximate surface area is 255 Å². The van der Waals surface area contributed by atoms with Gasteiger partial charge in [0, 0.05) is 25.1 Å². The lowest BCUT2D eigenvalue weighted by Crippen LogP contribution is -2.42. The number of methoxy groups -OCH3 is 2. The van der Waals surface area contributed by atoms with Crippen molar-refractivity contribution in [2.75, 3.05) is 27.3 Å². The maximum atomic E-state index is 14.4. The Bertz CT molecular complexity index is 1670. The zero-order valence-electron chi connectivity index (χ0n) is 25.0. The molecule has 1 fully saturated rings. The number of carboxylic acids is 1. The van der Waals surface area contributed by atoms with Crippen molar-refractivity contribution in [2.24, 2.45) is 0 Å². The number of fused-ring (bicyclic) bond motifs is 1. The number of alkyl halides is 1. The number of rotatable bonds is 10. The number of carbonyl (C=O) groups excluding carboxylic acids is 1. The normalized spacial score (nSPS) is 16.0. The summed E-state index contributed by atoms with van der Waals surface area (Å²) in [4.78, 5) is 27.3. The fourth-order valence-electron chi connectivity index (χ4n) is 6.12. The number of hydrogen-bond acceptors (Lipinski definition) is 5. The molecule has 0 bridgehead atoms. The van der Waals surface area contributed by atoms with Gasteiger partial charge < -0.3 is 19.9 Å². The average Bonchev–Trinajstić information content (AvgIpc) is 3.00. The number of benzene rings is 4. The first-order valence-electron chi connectivity index (χ1n) is 14.6. The van der Waals surface area contributed by atoms with E-state index in [1.807, 2.05) is 48.5 Å². The maximum absolute atomic E-state index is 14.4. The number of nitrogens with zero attached hydrogens (tertiary/aromatic N) is 1. The molecular weight excluding hydrogens is 566 g/mol. The highest BCUT2D eigenvalue weighted by Crippen LogP contribution is 2.44. The summed E-state index contributed by atoms with van der Waals surface area (Å²) in [6, 6.07) is 18.1. The van der Waals surface area contributed by atoms with Crippen molar-refractivity contribution in [3.63, 3.8) is 0 Å². The van der Waals surface area contributed by atoms with Crippen molar-refractivity contribution in [3.8, 4) is 22.6 Å². The molecule has 0 spiro atoms. The van der Waals surface area contributed by atoms with Crippen LogP contribution in [0.2, 0.25) is 0 Å². The molecule has 4 aromatic carbocycles. The van der Waals surface area contributed by atoms with Crippen molar-refractivity contribution in [3.05, 3.63) is 94.8 Å². The Kier molecular flexibility index (Phi) is 9.44. The Morgan fingerprint density at radius 2 is 1.75 bits per heavy atom. The molecule has 1 aliphatic rings. The number of piperidine rings is 1. The molecule has 0 radical (unpaired) electrons. The first kappa shape index (κ1) is 30.9. The van der Waals surface area contributed by atoms with Crippen LogP contribution in [-0.4, -0.2) is 61.4 Å². The molecule has 2 atom stereocenters. The number of carboxylic acid groups (broad SMARTS) is 1. The highest BCUT2D eigenvalue weighted by Gasteiger charge is 2.26. The second-order valence-corrected chi connectivity index (χ2v) is 11.1. The third kappa shape index (κ3) is 6.38. The molecule has 1 aliphatic heterocycles. The Morgan fingerprint density at radius 1 is 1.00 bits per heavy atom. The van der Waals surface area contributed by atoms with Gasteiger partial charge in [-0.2, -0.15) is 0 Å². The molecule has 9 heteroatoms. The largest absolute Gasteiger partial charge is 0.496 e. The van der Waals surface area contributed by atoms with Gasteiger partial charge in [-0.15, -0.1) is 0 Å². The summed E-state index contributed by atoms with van der Waals surface area (Å²) in [5.41, 5.74) is 3.39. The van der Waals surface area contributed by atoms with Gasteiger partial charge in [0.2, 0.25) is 0 Å². The Hall–Kier alpha value is -4.50. The number of aryl methyl sites for hydroxylation is 1. The SMILES string of the molecule is COc1ccc(CN2CCCC(F)C2)c(OC)c1-c1cccc2c(C[C@H](NC(=O)c3c(C)cccc3F)C(=O)O)cccc12. The van der Waals surface area contributed by atoms with Gasteiger partial charge in [0.1, 0.15) is 29.5 Å². The molecule has 1 unspecified atom stereocenters. The van der Waals surface area contributed by atoms with Crippen LogP contribution in [0.5, 0.6) is 11.5 Å². The number of nitrogens with one attached hydrogen (secondary N) is 1. The standard InChI is InChI=1S/C35H36F2N2O5/c1-21-8-4-14-28(37)31(21)34(40)38-29(35(41)42)18-22-9-5-12-26-25(22)11-6-13-27(26)32-30(43-2)16-15-23(33(32)44-3)19-39-17-7-10-24(36)20-39/h4-6,8-9,11-16,24,29H,7,10,17-20H2,1-3H3,(H,38,40)(H,41,42)/t24?,29-/m0/s1. The molecule has 1 amide bonds. The summed E-state index contributed by atoms with van der Waals surface area (Å²) >= 11 is 0. The van der Waals surface area contributed by atoms with E-state index >= 15 is 0 Å². The second kappa shape index (κ2) is 13.4. The number of amides is 1. The number of likely N-dealkylation sites (tertiary alicyclic amines) is 1. The van der Waals surface area contributed by atoms with Crippen LogP contribution >= 0.6 is 0 Å². The van der Waals surface area contributed by atoms with Crippen molar-refractivity contribution < 1.29 is 33.0 Å². The van der Waals surface area contributed by atoms with E-state index in [9.17, 15) is 23.5 Å². The molecule has 0 aliphatic carbocycles. The molecule has 44 heavy (non-hydrogen) atoms. The van der Waals surface area contributed by atoms with Crippen LogP contribution in [0.4, 0.5) is 8.78 Å². The first-order valence-corrected chi connectivity index (χ1v) is 14.6. The van der Waals surface area contributed by atoms with Crippen molar-refractivity contribution in [1.82, 2.24) is 10.2 Å². The zero-order chi connectivity index (χ0) is 31.4. The molecule has 5 rings (SSSR count). The molecule has 7 nitrogen and oxygen atoms in total. The van der Waals surface area contributed by atoms with E-state index in [-0.39, 0.29) is 12.0 Å². The van der Waals surface area contributed by atoms with E-state index in [1.54, 1.807) is 27.2 Å². The fraction of sp³-hybridized carbons (Fsp3) is 0.314. The summed E-state index contributed by atoms with van der Waals surface area (Å²) in [5, 5.41) is 14.2. The smallest absolute Gasteiger partial charge is 0.326 e. The number of halogens is 2. The molecule has 2 N–H and O–H groups in total. The summed E-state index contributed by atoms with van der Waals surface area (Å²) in [6.45, 7) is 3.31. The third-order valence-electron chi connectivity index (χ3n) is 8.23. The molecule has 1 heterocycles. The Morgan fingerprint density at radius 3 is 2.45 bits per heavy atom. The lowest BCUT2D eigenvalue weighted by molar-refractivity contribution is -0.139. The van der Waals surface area contributed by atoms with Crippen LogP contribution in [0.25, 0.3) is 21.9 Å². The van der Waals surface area contributed by atoms with Crippen LogP contribution in [0, 0.1) is 12.7 Å². The molecule has 0 aromatic heterocycles. The quantitative estimate of drug-likeness (QED) is 0.221. The molecule has 1 saturated heterocycles. The zero-order valence-corrected chi connectivity index (χ0v) is 25.0. The molecular formula is C35H36F2N2O5. The van der Waals surface area contributed by atoms with Gasteiger partial charge in [-0.3, -0.25) is 9.69 Å². The third-order valence-corrected chi connectivity index (χ3v) is 8.23. The first-order chi connectivity index (χ1) is 21.2. The van der Waals surface area contributed by atoms with E-state index < -0.39 is 29.9 Å². The average molecular weight is 603 g/mol. The van der Waals surface area contributed by atoms with Crippen molar-refractivity contribution in [1.29, 1.82) is 0 Å². The molecule has 0 saturated carbocycles. The van der Waals surface area contributed by atoms with Gasteiger partial charge in [-0.25, -0.2) is 13.6 Å². The Balaban J connectivity index is 1.53. The van der Waals surface area contributed by atoms with Gasteiger partial charge in [-0.1, -0.05) is 54.6 Å². The highest BCUT2D eigenvalue weighted by molar-refractivity contribution is 6.02. The highest BCUT2D eigenvalue weighted by atomic mass is 19.1. The van der Waals surface area contributed by atoms with Crippen LogP contribution in [0.1, 0.15) is 39.9 Å². The summed E-state index contributed by atoms with van der Waals surface area (Å²) in [5.74, 6) is -1.50. The van der Waals surface area contributed by atoms with E-state index in [1.165, 1.54) is 12.1 Å². The van der Waals surface area contributed by atoms with E-state index in [0.29, 0.717) is 42.1 Å². The van der Waals surface area contributed by atoms with E-state index in [0.717, 1.165) is 40.4 Å². The predicted octanol–water partition coefficient (Wildman–Crippen LogP) is 6.33.